The molecule has 0 spiro atoms. The molecule has 1 rings (SSSR count). The second-order valence-electron chi connectivity index (χ2n) is 4.40. The van der Waals surface area contributed by atoms with Gasteiger partial charge in [0.1, 0.15) is 0 Å². The maximum atomic E-state index is 11.8. The number of amides is 1. The van der Waals surface area contributed by atoms with Gasteiger partial charge in [-0.2, -0.15) is 0 Å². The van der Waals surface area contributed by atoms with Gasteiger partial charge in [-0.1, -0.05) is 0 Å². The predicted octanol–water partition coefficient (Wildman–Crippen LogP) is 0.407. The van der Waals surface area contributed by atoms with E-state index in [1.54, 1.807) is 0 Å². The van der Waals surface area contributed by atoms with Gasteiger partial charge < -0.3 is 15.7 Å². The summed E-state index contributed by atoms with van der Waals surface area (Å²) in [6.45, 7) is 3.86. The maximum Gasteiger partial charge on any atom is 0.240 e. The first-order valence-corrected chi connectivity index (χ1v) is 5.83. The Bertz CT molecular complexity index is 201. The van der Waals surface area contributed by atoms with E-state index in [1.165, 1.54) is 0 Å². The summed E-state index contributed by atoms with van der Waals surface area (Å²) in [5.74, 6) is 0.115. The molecule has 1 aliphatic heterocycles. The highest BCUT2D eigenvalue weighted by molar-refractivity contribution is 5.86. The van der Waals surface area contributed by atoms with Crippen LogP contribution in [0.4, 0.5) is 0 Å². The molecule has 1 aliphatic rings. The first kappa shape index (κ1) is 12.5. The molecule has 15 heavy (non-hydrogen) atoms. The number of aliphatic hydroxyl groups is 1. The molecular weight excluding hydrogens is 192 g/mol. The van der Waals surface area contributed by atoms with Gasteiger partial charge in [-0.05, 0) is 45.6 Å². The minimum atomic E-state index is -0.350. The average Bonchev–Trinajstić information content (AvgIpc) is 2.66. The lowest BCUT2D eigenvalue weighted by atomic mass is 9.99. The number of carbonyl (C=O) groups is 1. The van der Waals surface area contributed by atoms with Gasteiger partial charge in [0.2, 0.25) is 5.91 Å². The summed E-state index contributed by atoms with van der Waals surface area (Å²) in [6, 6.07) is 0. The molecule has 1 amide bonds. The van der Waals surface area contributed by atoms with Crippen molar-refractivity contribution >= 4 is 5.91 Å². The minimum absolute atomic E-state index is 0.115. The van der Waals surface area contributed by atoms with Crippen molar-refractivity contribution in [3.63, 3.8) is 0 Å². The number of unbranched alkanes of at least 4 members (excludes halogenated alkanes) is 2. The van der Waals surface area contributed by atoms with E-state index in [9.17, 15) is 4.79 Å². The van der Waals surface area contributed by atoms with Gasteiger partial charge in [0.15, 0.2) is 0 Å². The summed E-state index contributed by atoms with van der Waals surface area (Å²) < 4.78 is 0. The van der Waals surface area contributed by atoms with Gasteiger partial charge in [0.25, 0.3) is 0 Å². The van der Waals surface area contributed by atoms with Crippen molar-refractivity contribution in [3.8, 4) is 0 Å². The SMILES string of the molecule is CC1(C(=O)NCCCCCO)CCCN1. The Morgan fingerprint density at radius 2 is 2.27 bits per heavy atom. The van der Waals surface area contributed by atoms with Crippen LogP contribution in [0.2, 0.25) is 0 Å². The minimum Gasteiger partial charge on any atom is -0.396 e. The summed E-state index contributed by atoms with van der Waals surface area (Å²) >= 11 is 0. The molecule has 1 fully saturated rings. The molecule has 3 N–H and O–H groups in total. The fraction of sp³-hybridized carbons (Fsp3) is 0.909. The van der Waals surface area contributed by atoms with Gasteiger partial charge >= 0.3 is 0 Å². The van der Waals surface area contributed by atoms with Gasteiger partial charge in [-0.3, -0.25) is 4.79 Å². The van der Waals surface area contributed by atoms with Crippen molar-refractivity contribution < 1.29 is 9.90 Å². The highest BCUT2D eigenvalue weighted by Gasteiger charge is 2.35. The van der Waals surface area contributed by atoms with Gasteiger partial charge in [0.05, 0.1) is 5.54 Å². The molecule has 1 atom stereocenters. The van der Waals surface area contributed by atoms with Crippen molar-refractivity contribution in [2.75, 3.05) is 19.7 Å². The molecule has 0 aromatic rings. The first-order chi connectivity index (χ1) is 7.19. The summed E-state index contributed by atoms with van der Waals surface area (Å²) in [5, 5.41) is 14.8. The lowest BCUT2D eigenvalue weighted by Crippen LogP contribution is -2.51. The molecule has 0 bridgehead atoms. The van der Waals surface area contributed by atoms with Crippen molar-refractivity contribution in [1.29, 1.82) is 0 Å². The van der Waals surface area contributed by atoms with Crippen LogP contribution in [0.1, 0.15) is 39.0 Å². The van der Waals surface area contributed by atoms with Crippen LogP contribution in [0.25, 0.3) is 0 Å². The number of nitrogens with one attached hydrogen (secondary N) is 2. The Labute approximate surface area is 91.4 Å². The van der Waals surface area contributed by atoms with E-state index in [1.807, 2.05) is 6.92 Å². The molecule has 88 valence electrons. The molecular formula is C11H22N2O2. The Hall–Kier alpha value is -0.610. The number of carbonyl (C=O) groups excluding carboxylic acids is 1. The highest BCUT2D eigenvalue weighted by Crippen LogP contribution is 2.18. The van der Waals surface area contributed by atoms with E-state index in [-0.39, 0.29) is 18.1 Å². The summed E-state index contributed by atoms with van der Waals surface area (Å²) in [6.07, 6.45) is 4.75. The Morgan fingerprint density at radius 3 is 2.87 bits per heavy atom. The normalized spacial score (nSPS) is 25.5. The van der Waals surface area contributed by atoms with Crippen molar-refractivity contribution in [1.82, 2.24) is 10.6 Å². The van der Waals surface area contributed by atoms with E-state index in [0.717, 1.165) is 45.2 Å². The lowest BCUT2D eigenvalue weighted by Gasteiger charge is -2.22. The molecule has 1 heterocycles. The topological polar surface area (TPSA) is 61.4 Å². The Morgan fingerprint density at radius 1 is 1.47 bits per heavy atom. The van der Waals surface area contributed by atoms with Crippen LogP contribution < -0.4 is 10.6 Å². The number of hydrogen-bond acceptors (Lipinski definition) is 3. The molecule has 1 unspecified atom stereocenters. The van der Waals surface area contributed by atoms with Gasteiger partial charge in [0, 0.05) is 13.2 Å². The summed E-state index contributed by atoms with van der Waals surface area (Å²) in [7, 11) is 0. The van der Waals surface area contributed by atoms with Crippen LogP contribution in [0.5, 0.6) is 0 Å². The zero-order chi connectivity index (χ0) is 11.1. The number of aliphatic hydroxyl groups excluding tert-OH is 1. The predicted molar refractivity (Wildman–Crippen MR) is 59.6 cm³/mol. The zero-order valence-electron chi connectivity index (χ0n) is 9.51. The molecule has 4 heteroatoms. The standard InChI is InChI=1S/C11H22N2O2/c1-11(6-5-8-13-11)10(15)12-7-3-2-4-9-14/h13-14H,2-9H2,1H3,(H,12,15). The second kappa shape index (κ2) is 6.08. The zero-order valence-corrected chi connectivity index (χ0v) is 9.51. The quantitative estimate of drug-likeness (QED) is 0.561. The van der Waals surface area contributed by atoms with Gasteiger partial charge in [-0.25, -0.2) is 0 Å². The van der Waals surface area contributed by atoms with E-state index in [0.29, 0.717) is 0 Å². The Kier molecular flexibility index (Phi) is 5.05. The maximum absolute atomic E-state index is 11.8. The number of rotatable bonds is 6. The Balaban J connectivity index is 2.12. The third-order valence-corrected chi connectivity index (χ3v) is 2.99. The monoisotopic (exact) mass is 214 g/mol. The first-order valence-electron chi connectivity index (χ1n) is 5.83. The molecule has 1 saturated heterocycles. The van der Waals surface area contributed by atoms with Crippen LogP contribution in [-0.4, -0.2) is 36.2 Å². The smallest absolute Gasteiger partial charge is 0.240 e. The van der Waals surface area contributed by atoms with Crippen LogP contribution in [0.3, 0.4) is 0 Å². The van der Waals surface area contributed by atoms with E-state index >= 15 is 0 Å². The largest absolute Gasteiger partial charge is 0.396 e. The van der Waals surface area contributed by atoms with Crippen molar-refractivity contribution in [2.45, 2.75) is 44.6 Å². The molecule has 0 aromatic carbocycles. The molecule has 0 aromatic heterocycles. The average molecular weight is 214 g/mol. The third kappa shape index (κ3) is 3.80. The fourth-order valence-corrected chi connectivity index (χ4v) is 1.90. The second-order valence-corrected chi connectivity index (χ2v) is 4.40. The molecule has 0 aliphatic carbocycles. The van der Waals surface area contributed by atoms with Crippen molar-refractivity contribution in [3.05, 3.63) is 0 Å². The van der Waals surface area contributed by atoms with Crippen molar-refractivity contribution in [2.24, 2.45) is 0 Å². The van der Waals surface area contributed by atoms with E-state index in [4.69, 9.17) is 5.11 Å². The van der Waals surface area contributed by atoms with Crippen LogP contribution in [0, 0.1) is 0 Å². The number of hydrogen-bond donors (Lipinski definition) is 3. The van der Waals surface area contributed by atoms with Crippen LogP contribution in [-0.2, 0) is 4.79 Å². The van der Waals surface area contributed by atoms with E-state index in [2.05, 4.69) is 10.6 Å². The van der Waals surface area contributed by atoms with Gasteiger partial charge in [-0.15, -0.1) is 0 Å². The summed E-state index contributed by atoms with van der Waals surface area (Å²) in [4.78, 5) is 11.8. The summed E-state index contributed by atoms with van der Waals surface area (Å²) in [5.41, 5.74) is -0.350. The molecule has 0 saturated carbocycles. The fourth-order valence-electron chi connectivity index (χ4n) is 1.90. The lowest BCUT2D eigenvalue weighted by molar-refractivity contribution is -0.126. The van der Waals surface area contributed by atoms with Crippen LogP contribution in [0.15, 0.2) is 0 Å². The van der Waals surface area contributed by atoms with Crippen LogP contribution >= 0.6 is 0 Å². The molecule has 0 radical (unpaired) electrons. The van der Waals surface area contributed by atoms with E-state index < -0.39 is 0 Å². The third-order valence-electron chi connectivity index (χ3n) is 2.99. The highest BCUT2D eigenvalue weighted by atomic mass is 16.2. The molecule has 4 nitrogen and oxygen atoms in total.